The first-order valence-corrected chi connectivity index (χ1v) is 9.74. The summed E-state index contributed by atoms with van der Waals surface area (Å²) in [4.78, 5) is 21.8. The lowest BCUT2D eigenvalue weighted by Gasteiger charge is -2.21. The van der Waals surface area contributed by atoms with Crippen LogP contribution in [0.1, 0.15) is 20.3 Å². The molecule has 0 saturated heterocycles. The van der Waals surface area contributed by atoms with Gasteiger partial charge in [-0.1, -0.05) is 6.92 Å². The minimum atomic E-state index is -3.34. The fourth-order valence-corrected chi connectivity index (χ4v) is 3.49. The SMILES string of the molecule is CCCN(CC)c1ncc2c(=O)[nH]c3ccc(S(C)(=O)=O)cc3n12. The van der Waals surface area contributed by atoms with Gasteiger partial charge in [0.2, 0.25) is 5.95 Å². The van der Waals surface area contributed by atoms with Crippen LogP contribution in [0.15, 0.2) is 34.1 Å². The minimum absolute atomic E-state index is 0.210. The molecule has 0 atom stereocenters. The van der Waals surface area contributed by atoms with Gasteiger partial charge in [-0.05, 0) is 31.5 Å². The monoisotopic (exact) mass is 348 g/mol. The van der Waals surface area contributed by atoms with Gasteiger partial charge in [-0.2, -0.15) is 0 Å². The Labute approximate surface area is 139 Å². The van der Waals surface area contributed by atoms with Crippen molar-refractivity contribution in [3.63, 3.8) is 0 Å². The third kappa shape index (κ3) is 2.66. The molecule has 0 aliphatic rings. The average Bonchev–Trinajstić information content (AvgIpc) is 2.97. The van der Waals surface area contributed by atoms with Gasteiger partial charge in [0.1, 0.15) is 5.52 Å². The van der Waals surface area contributed by atoms with Gasteiger partial charge in [0.25, 0.3) is 5.56 Å². The summed E-state index contributed by atoms with van der Waals surface area (Å²) in [7, 11) is -3.34. The molecule has 8 heteroatoms. The maximum atomic E-state index is 12.3. The van der Waals surface area contributed by atoms with Crippen molar-refractivity contribution in [1.82, 2.24) is 14.4 Å². The van der Waals surface area contributed by atoms with Crippen molar-refractivity contribution in [2.45, 2.75) is 25.2 Å². The van der Waals surface area contributed by atoms with E-state index >= 15 is 0 Å². The van der Waals surface area contributed by atoms with Gasteiger partial charge >= 0.3 is 0 Å². The fourth-order valence-electron chi connectivity index (χ4n) is 2.85. The predicted molar refractivity (Wildman–Crippen MR) is 94.6 cm³/mol. The topological polar surface area (TPSA) is 87.5 Å². The minimum Gasteiger partial charge on any atom is -0.342 e. The van der Waals surface area contributed by atoms with E-state index in [4.69, 9.17) is 0 Å². The van der Waals surface area contributed by atoms with Crippen LogP contribution in [0.25, 0.3) is 16.6 Å². The Morgan fingerprint density at radius 2 is 2.00 bits per heavy atom. The largest absolute Gasteiger partial charge is 0.342 e. The molecule has 7 nitrogen and oxygen atoms in total. The van der Waals surface area contributed by atoms with Crippen molar-refractivity contribution >= 4 is 32.3 Å². The molecule has 0 unspecified atom stereocenters. The Morgan fingerprint density at radius 3 is 2.62 bits per heavy atom. The molecule has 0 aliphatic heterocycles. The number of aromatic nitrogens is 3. The molecule has 0 radical (unpaired) electrons. The highest BCUT2D eigenvalue weighted by atomic mass is 32.2. The molecule has 0 spiro atoms. The summed E-state index contributed by atoms with van der Waals surface area (Å²) < 4.78 is 25.5. The van der Waals surface area contributed by atoms with Crippen LogP contribution in [-0.2, 0) is 9.84 Å². The van der Waals surface area contributed by atoms with Crippen LogP contribution in [0.4, 0.5) is 5.95 Å². The van der Waals surface area contributed by atoms with Gasteiger partial charge in [0.05, 0.1) is 22.1 Å². The smallest absolute Gasteiger partial charge is 0.274 e. The molecule has 0 bridgehead atoms. The number of hydrogen-bond donors (Lipinski definition) is 1. The number of anilines is 1. The molecule has 3 rings (SSSR count). The third-order valence-electron chi connectivity index (χ3n) is 4.02. The van der Waals surface area contributed by atoms with Gasteiger partial charge in [0.15, 0.2) is 9.84 Å². The number of fused-ring (bicyclic) bond motifs is 3. The number of aromatic amines is 1. The van der Waals surface area contributed by atoms with Crippen molar-refractivity contribution in [3.8, 4) is 0 Å². The third-order valence-corrected chi connectivity index (χ3v) is 5.13. The summed E-state index contributed by atoms with van der Waals surface area (Å²) in [5.41, 5.74) is 1.35. The summed E-state index contributed by atoms with van der Waals surface area (Å²) in [5.74, 6) is 0.649. The number of H-pyrrole nitrogens is 1. The normalized spacial score (nSPS) is 12.1. The van der Waals surface area contributed by atoms with Crippen molar-refractivity contribution in [2.75, 3.05) is 24.2 Å². The van der Waals surface area contributed by atoms with Gasteiger partial charge in [-0.15, -0.1) is 0 Å². The van der Waals surface area contributed by atoms with Crippen LogP contribution in [0.5, 0.6) is 0 Å². The van der Waals surface area contributed by atoms with E-state index in [0.29, 0.717) is 22.5 Å². The van der Waals surface area contributed by atoms with Gasteiger partial charge in [-0.3, -0.25) is 9.20 Å². The van der Waals surface area contributed by atoms with Crippen molar-refractivity contribution in [2.24, 2.45) is 0 Å². The van der Waals surface area contributed by atoms with Crippen LogP contribution < -0.4 is 10.5 Å². The Hall–Kier alpha value is -2.35. The average molecular weight is 348 g/mol. The molecule has 1 N–H and O–H groups in total. The van der Waals surface area contributed by atoms with E-state index in [1.807, 2.05) is 6.92 Å². The molecule has 24 heavy (non-hydrogen) atoms. The van der Waals surface area contributed by atoms with Crippen molar-refractivity contribution in [3.05, 3.63) is 34.7 Å². The van der Waals surface area contributed by atoms with Crippen LogP contribution in [0.3, 0.4) is 0 Å². The molecule has 0 saturated carbocycles. The van der Waals surface area contributed by atoms with E-state index in [2.05, 4.69) is 21.8 Å². The van der Waals surface area contributed by atoms with E-state index < -0.39 is 9.84 Å². The zero-order chi connectivity index (χ0) is 17.5. The maximum Gasteiger partial charge on any atom is 0.274 e. The lowest BCUT2D eigenvalue weighted by Crippen LogP contribution is -2.26. The quantitative estimate of drug-likeness (QED) is 0.760. The summed E-state index contributed by atoms with van der Waals surface area (Å²) >= 11 is 0. The van der Waals surface area contributed by atoms with Crippen LogP contribution in [0.2, 0.25) is 0 Å². The summed E-state index contributed by atoms with van der Waals surface area (Å²) in [6, 6.07) is 4.70. The highest BCUT2D eigenvalue weighted by Gasteiger charge is 2.17. The first kappa shape index (κ1) is 16.5. The highest BCUT2D eigenvalue weighted by Crippen LogP contribution is 2.23. The lowest BCUT2D eigenvalue weighted by atomic mass is 10.3. The first-order valence-electron chi connectivity index (χ1n) is 7.85. The Bertz CT molecular complexity index is 1070. The van der Waals surface area contributed by atoms with Gasteiger partial charge in [-0.25, -0.2) is 13.4 Å². The van der Waals surface area contributed by atoms with Gasteiger partial charge in [0, 0.05) is 19.3 Å². The first-order chi connectivity index (χ1) is 11.4. The molecular weight excluding hydrogens is 328 g/mol. The molecule has 0 aliphatic carbocycles. The van der Waals surface area contributed by atoms with E-state index in [9.17, 15) is 13.2 Å². The van der Waals surface area contributed by atoms with Crippen LogP contribution >= 0.6 is 0 Å². The Morgan fingerprint density at radius 1 is 1.25 bits per heavy atom. The Kier molecular flexibility index (Phi) is 4.08. The van der Waals surface area contributed by atoms with E-state index in [1.165, 1.54) is 18.5 Å². The maximum absolute atomic E-state index is 12.3. The molecule has 0 amide bonds. The fraction of sp³-hybridized carbons (Fsp3) is 0.375. The van der Waals surface area contributed by atoms with E-state index in [-0.39, 0.29) is 10.5 Å². The summed E-state index contributed by atoms with van der Waals surface area (Å²) in [6.45, 7) is 5.64. The highest BCUT2D eigenvalue weighted by molar-refractivity contribution is 7.90. The molecule has 3 aromatic rings. The number of imidazole rings is 1. The molecular formula is C16H20N4O3S. The van der Waals surface area contributed by atoms with E-state index in [0.717, 1.165) is 19.5 Å². The van der Waals surface area contributed by atoms with Crippen molar-refractivity contribution < 1.29 is 8.42 Å². The summed E-state index contributed by atoms with van der Waals surface area (Å²) in [5, 5.41) is 0. The number of hydrogen-bond acceptors (Lipinski definition) is 5. The van der Waals surface area contributed by atoms with E-state index in [1.54, 1.807) is 16.5 Å². The second-order valence-electron chi connectivity index (χ2n) is 5.76. The van der Waals surface area contributed by atoms with Crippen LogP contribution in [0, 0.1) is 0 Å². The molecule has 2 aromatic heterocycles. The number of benzene rings is 1. The standard InChI is InChI=1S/C16H20N4O3S/c1-4-8-19(5-2)16-17-10-14-15(21)18-12-7-6-11(24(3,22)23)9-13(12)20(14)16/h6-7,9-10H,4-5,8H2,1-3H3,(H,18,21). The lowest BCUT2D eigenvalue weighted by molar-refractivity contribution is 0.602. The second-order valence-corrected chi connectivity index (χ2v) is 7.78. The van der Waals surface area contributed by atoms with Crippen molar-refractivity contribution in [1.29, 1.82) is 0 Å². The van der Waals surface area contributed by atoms with Crippen LogP contribution in [-0.4, -0.2) is 42.1 Å². The number of nitrogens with one attached hydrogen (secondary N) is 1. The molecule has 0 fully saturated rings. The summed E-state index contributed by atoms with van der Waals surface area (Å²) in [6.07, 6.45) is 3.64. The zero-order valence-electron chi connectivity index (χ0n) is 13.9. The molecule has 1 aromatic carbocycles. The second kappa shape index (κ2) is 5.94. The predicted octanol–water partition coefficient (Wildman–Crippen LogP) is 1.82. The molecule has 128 valence electrons. The number of nitrogens with zero attached hydrogens (tertiary/aromatic N) is 3. The molecule has 2 heterocycles. The number of sulfone groups is 1. The Balaban J connectivity index is 2.42. The number of rotatable bonds is 5. The van der Waals surface area contributed by atoms with Gasteiger partial charge < -0.3 is 9.88 Å². The zero-order valence-corrected chi connectivity index (χ0v) is 14.7.